The van der Waals surface area contributed by atoms with Gasteiger partial charge in [0, 0.05) is 42.7 Å². The molecule has 2 aliphatic heterocycles. The zero-order chi connectivity index (χ0) is 49.3. The molecule has 0 saturated heterocycles. The van der Waals surface area contributed by atoms with E-state index in [0.29, 0.717) is 47.8 Å². The summed E-state index contributed by atoms with van der Waals surface area (Å²) in [7, 11) is 0.972. The second kappa shape index (κ2) is 22.1. The molecule has 0 radical (unpaired) electrons. The quantitative estimate of drug-likeness (QED) is 0.0402. The molecule has 2 heterocycles. The van der Waals surface area contributed by atoms with Gasteiger partial charge in [0.15, 0.2) is 19.8 Å². The Balaban J connectivity index is 1.17. The SMILES string of the molecule is C=CCOC(=O)Nc1cc(OCCCOc2cc(N)c(C(=O)N3C=C(c4ccc(C)cc4)C[C@H]3CC)cc2OC)c(C)cc1C(=O)N1C=C(c2ccc(OC)cc2)C[C@H]1CO[Si](C)(C)C(C)(C)C. The fourth-order valence-corrected chi connectivity index (χ4v) is 8.95. The molecule has 362 valence electrons. The van der Waals surface area contributed by atoms with Gasteiger partial charge in [0.2, 0.25) is 0 Å². The number of rotatable bonds is 19. The number of benzene rings is 4. The molecule has 3 amide bonds. The van der Waals surface area contributed by atoms with Gasteiger partial charge >= 0.3 is 6.09 Å². The van der Waals surface area contributed by atoms with E-state index < -0.39 is 14.4 Å². The summed E-state index contributed by atoms with van der Waals surface area (Å²) in [4.78, 5) is 45.3. The number of amides is 3. The summed E-state index contributed by atoms with van der Waals surface area (Å²) in [5.41, 5.74) is 13.6. The van der Waals surface area contributed by atoms with Crippen molar-refractivity contribution in [1.82, 2.24) is 9.80 Å². The minimum atomic E-state index is -2.18. The average molecular weight is 945 g/mol. The minimum absolute atomic E-state index is 0.00411. The molecule has 3 N–H and O–H groups in total. The van der Waals surface area contributed by atoms with E-state index in [4.69, 9.17) is 33.8 Å². The number of methoxy groups -OCH3 is 2. The van der Waals surface area contributed by atoms with Gasteiger partial charge in [-0.3, -0.25) is 14.9 Å². The van der Waals surface area contributed by atoms with Crippen LogP contribution in [0.5, 0.6) is 23.0 Å². The second-order valence-electron chi connectivity index (χ2n) is 18.8. The first-order valence-corrected chi connectivity index (χ1v) is 26.1. The van der Waals surface area contributed by atoms with Gasteiger partial charge in [-0.25, -0.2) is 4.79 Å². The van der Waals surface area contributed by atoms with E-state index in [1.54, 1.807) is 41.2 Å². The molecule has 0 fully saturated rings. The summed E-state index contributed by atoms with van der Waals surface area (Å²) in [5.74, 6) is 1.47. The molecule has 6 rings (SSSR count). The Morgan fingerprint density at radius 2 is 1.38 bits per heavy atom. The van der Waals surface area contributed by atoms with Crippen molar-refractivity contribution in [2.24, 2.45) is 0 Å². The van der Waals surface area contributed by atoms with Crippen LogP contribution < -0.4 is 30.0 Å². The van der Waals surface area contributed by atoms with Gasteiger partial charge in [0.05, 0.1) is 56.9 Å². The fourth-order valence-electron chi connectivity index (χ4n) is 7.90. The van der Waals surface area contributed by atoms with Gasteiger partial charge < -0.3 is 43.6 Å². The van der Waals surface area contributed by atoms with Crippen molar-refractivity contribution in [1.29, 1.82) is 0 Å². The number of nitrogens with two attached hydrogens (primary N) is 1. The predicted molar refractivity (Wildman–Crippen MR) is 272 cm³/mol. The van der Waals surface area contributed by atoms with Gasteiger partial charge in [0.25, 0.3) is 11.8 Å². The van der Waals surface area contributed by atoms with E-state index in [1.807, 2.05) is 43.6 Å². The smallest absolute Gasteiger partial charge is 0.411 e. The first-order chi connectivity index (χ1) is 32.4. The number of hydrogen-bond acceptors (Lipinski definition) is 10. The van der Waals surface area contributed by atoms with E-state index in [9.17, 15) is 14.4 Å². The van der Waals surface area contributed by atoms with Crippen LogP contribution in [0.4, 0.5) is 16.2 Å². The van der Waals surface area contributed by atoms with Crippen LogP contribution in [0.15, 0.2) is 97.9 Å². The third-order valence-electron chi connectivity index (χ3n) is 13.0. The summed E-state index contributed by atoms with van der Waals surface area (Å²) < 4.78 is 35.4. The van der Waals surface area contributed by atoms with Gasteiger partial charge in [-0.05, 0) is 103 Å². The molecule has 2 aliphatic rings. The Labute approximate surface area is 403 Å². The monoisotopic (exact) mass is 944 g/mol. The largest absolute Gasteiger partial charge is 0.497 e. The molecule has 4 aromatic carbocycles. The molecule has 13 nitrogen and oxygen atoms in total. The number of nitrogens with one attached hydrogen (secondary N) is 1. The van der Waals surface area contributed by atoms with Crippen LogP contribution in [-0.2, 0) is 9.16 Å². The van der Waals surface area contributed by atoms with Crippen LogP contribution in [0.1, 0.15) is 96.3 Å². The first-order valence-electron chi connectivity index (χ1n) is 23.2. The highest BCUT2D eigenvalue weighted by atomic mass is 28.4. The van der Waals surface area contributed by atoms with Crippen LogP contribution in [0.3, 0.4) is 0 Å². The van der Waals surface area contributed by atoms with Gasteiger partial charge in [-0.15, -0.1) is 0 Å². The number of nitrogen functional groups attached to an aromatic ring is 1. The summed E-state index contributed by atoms with van der Waals surface area (Å²) in [6.07, 6.45) is 7.11. The Kier molecular flexibility index (Phi) is 16.5. The predicted octanol–water partition coefficient (Wildman–Crippen LogP) is 11.4. The number of carbonyl (C=O) groups excluding carboxylic acids is 3. The lowest BCUT2D eigenvalue weighted by Crippen LogP contribution is -2.45. The average Bonchev–Trinajstić information content (AvgIpc) is 3.96. The minimum Gasteiger partial charge on any atom is -0.497 e. The number of carbonyl (C=O) groups is 3. The molecule has 2 atom stereocenters. The van der Waals surface area contributed by atoms with Crippen molar-refractivity contribution >= 4 is 48.7 Å². The van der Waals surface area contributed by atoms with Crippen LogP contribution in [-0.4, -0.2) is 88.8 Å². The molecular weight excluding hydrogens is 877 g/mol. The second-order valence-corrected chi connectivity index (χ2v) is 23.6. The van der Waals surface area contributed by atoms with E-state index in [2.05, 4.69) is 83.9 Å². The van der Waals surface area contributed by atoms with Crippen molar-refractivity contribution in [3.05, 3.63) is 131 Å². The van der Waals surface area contributed by atoms with E-state index in [-0.39, 0.29) is 65.7 Å². The maximum atomic E-state index is 14.8. The van der Waals surface area contributed by atoms with Crippen LogP contribution in [0.25, 0.3) is 11.1 Å². The molecule has 68 heavy (non-hydrogen) atoms. The molecule has 14 heteroatoms. The highest BCUT2D eigenvalue weighted by Crippen LogP contribution is 2.40. The third-order valence-corrected chi connectivity index (χ3v) is 17.5. The van der Waals surface area contributed by atoms with Crippen LogP contribution >= 0.6 is 0 Å². The topological polar surface area (TPSA) is 151 Å². The highest BCUT2D eigenvalue weighted by Gasteiger charge is 2.40. The maximum absolute atomic E-state index is 14.8. The van der Waals surface area contributed by atoms with Crippen molar-refractivity contribution < 1.29 is 42.5 Å². The Hall–Kier alpha value is -6.51. The molecule has 0 bridgehead atoms. The van der Waals surface area contributed by atoms with Crippen LogP contribution in [0, 0.1) is 13.8 Å². The number of hydrogen-bond donors (Lipinski definition) is 2. The number of ether oxygens (including phenoxy) is 5. The summed E-state index contributed by atoms with van der Waals surface area (Å²) in [6, 6.07) is 22.4. The van der Waals surface area contributed by atoms with E-state index in [1.165, 1.54) is 18.7 Å². The summed E-state index contributed by atoms with van der Waals surface area (Å²) in [5, 5.41) is 2.75. The Morgan fingerprint density at radius 1 is 0.794 bits per heavy atom. The zero-order valence-electron chi connectivity index (χ0n) is 41.3. The molecule has 0 aliphatic carbocycles. The van der Waals surface area contributed by atoms with E-state index >= 15 is 0 Å². The zero-order valence-corrected chi connectivity index (χ0v) is 42.3. The molecule has 0 spiro atoms. The summed E-state index contributed by atoms with van der Waals surface area (Å²) in [6.45, 7) is 21.4. The fraction of sp³-hybridized carbons (Fsp3) is 0.389. The number of anilines is 2. The first kappa shape index (κ1) is 50.9. The molecular formula is C54H68N4O9Si. The highest BCUT2D eigenvalue weighted by molar-refractivity contribution is 6.74. The standard InChI is InChI=1S/C54H68N4O9Si/c1-12-23-66-53(61)56-47-31-48(36(4)26-45(47)52(60)58-33-40(38-19-21-43(62-8)22-20-38)28-42(58)34-67-68(10,11)54(5,6)7)64-24-14-25-65-50-30-46(55)44(29-49(50)63-9)51(59)57-32-39(27-41(57)13-2)37-17-15-35(3)16-18-37/h12,15-22,26,29-33,41-42H,1,13-14,23-25,27-28,34,55H2,2-11H3,(H,56,61)/t41-,42+/m1/s1. The van der Waals surface area contributed by atoms with Crippen LogP contribution in [0.2, 0.25) is 18.1 Å². The normalized spacial score (nSPS) is 15.9. The lowest BCUT2D eigenvalue weighted by atomic mass is 10.0. The molecule has 4 aromatic rings. The Morgan fingerprint density at radius 3 is 1.97 bits per heavy atom. The number of nitrogens with zero attached hydrogens (tertiary/aromatic N) is 2. The molecule has 0 aromatic heterocycles. The molecule has 0 saturated carbocycles. The summed E-state index contributed by atoms with van der Waals surface area (Å²) >= 11 is 0. The number of aryl methyl sites for hydroxylation is 2. The van der Waals surface area contributed by atoms with Crippen molar-refractivity contribution in [2.45, 2.75) is 97.4 Å². The molecule has 0 unspecified atom stereocenters. The van der Waals surface area contributed by atoms with Gasteiger partial charge in [-0.1, -0.05) is 82.3 Å². The lowest BCUT2D eigenvalue weighted by Gasteiger charge is -2.38. The maximum Gasteiger partial charge on any atom is 0.411 e. The van der Waals surface area contributed by atoms with E-state index in [0.717, 1.165) is 40.9 Å². The Bertz CT molecular complexity index is 2530. The van der Waals surface area contributed by atoms with Gasteiger partial charge in [-0.2, -0.15) is 0 Å². The lowest BCUT2D eigenvalue weighted by molar-refractivity contribution is 0.0737. The van der Waals surface area contributed by atoms with Crippen molar-refractivity contribution in [3.8, 4) is 23.0 Å². The van der Waals surface area contributed by atoms with Crippen molar-refractivity contribution in [3.63, 3.8) is 0 Å². The van der Waals surface area contributed by atoms with Gasteiger partial charge in [0.1, 0.15) is 18.1 Å². The third kappa shape index (κ3) is 12.0. The van der Waals surface area contributed by atoms with Crippen molar-refractivity contribution in [2.75, 3.05) is 51.7 Å².